The number of carbonyl (C=O) groups excluding carboxylic acids is 2. The number of rotatable bonds is 4. The lowest BCUT2D eigenvalue weighted by molar-refractivity contribution is -0.123. The van der Waals surface area contributed by atoms with E-state index >= 15 is 0 Å². The molecule has 0 unspecified atom stereocenters. The fourth-order valence-electron chi connectivity index (χ4n) is 2.82. The second kappa shape index (κ2) is 6.99. The molecule has 1 atom stereocenters. The molecule has 136 valence electrons. The Hall–Kier alpha value is -3.54. The monoisotopic (exact) mass is 363 g/mol. The van der Waals surface area contributed by atoms with E-state index in [0.717, 1.165) is 10.8 Å². The van der Waals surface area contributed by atoms with Gasteiger partial charge in [-0.1, -0.05) is 30.3 Å². The Morgan fingerprint density at radius 1 is 0.963 bits per heavy atom. The topological polar surface area (TPSA) is 73.9 Å². The van der Waals surface area contributed by atoms with Crippen LogP contribution in [-0.2, 0) is 9.53 Å². The molecule has 6 heteroatoms. The minimum absolute atomic E-state index is 0.123. The maximum absolute atomic E-state index is 12.4. The van der Waals surface area contributed by atoms with Gasteiger partial charge in [0.2, 0.25) is 6.79 Å². The number of hydrogen-bond acceptors (Lipinski definition) is 5. The Morgan fingerprint density at radius 2 is 1.74 bits per heavy atom. The summed E-state index contributed by atoms with van der Waals surface area (Å²) >= 11 is 0. The van der Waals surface area contributed by atoms with E-state index < -0.39 is 18.0 Å². The minimum Gasteiger partial charge on any atom is -0.454 e. The first-order chi connectivity index (χ1) is 13.1. The average Bonchev–Trinajstić information content (AvgIpc) is 3.15. The van der Waals surface area contributed by atoms with Gasteiger partial charge in [-0.3, -0.25) is 4.79 Å². The van der Waals surface area contributed by atoms with Gasteiger partial charge in [-0.15, -0.1) is 0 Å². The number of benzene rings is 3. The first-order valence-electron chi connectivity index (χ1n) is 8.50. The van der Waals surface area contributed by atoms with Crippen molar-refractivity contribution < 1.29 is 23.8 Å². The molecule has 0 fully saturated rings. The first-order valence-corrected chi connectivity index (χ1v) is 8.50. The highest BCUT2D eigenvalue weighted by Gasteiger charge is 2.21. The molecule has 1 amide bonds. The lowest BCUT2D eigenvalue weighted by Crippen LogP contribution is -2.30. The smallest absolute Gasteiger partial charge is 0.339 e. The summed E-state index contributed by atoms with van der Waals surface area (Å²) in [5.41, 5.74) is 0.939. The zero-order valence-electron chi connectivity index (χ0n) is 14.6. The van der Waals surface area contributed by atoms with Crippen molar-refractivity contribution in [3.63, 3.8) is 0 Å². The molecule has 6 nitrogen and oxygen atoms in total. The van der Waals surface area contributed by atoms with Gasteiger partial charge in [0.1, 0.15) is 0 Å². The van der Waals surface area contributed by atoms with E-state index in [1.165, 1.54) is 6.92 Å². The predicted octanol–water partition coefficient (Wildman–Crippen LogP) is 3.75. The number of hydrogen-bond donors (Lipinski definition) is 1. The predicted molar refractivity (Wildman–Crippen MR) is 100 cm³/mol. The van der Waals surface area contributed by atoms with Gasteiger partial charge >= 0.3 is 5.97 Å². The summed E-state index contributed by atoms with van der Waals surface area (Å²) in [7, 11) is 0. The molecule has 0 bridgehead atoms. The molecule has 0 aliphatic carbocycles. The fraction of sp³-hybridized carbons (Fsp3) is 0.143. The Balaban J connectivity index is 1.41. The fourth-order valence-corrected chi connectivity index (χ4v) is 2.82. The van der Waals surface area contributed by atoms with Crippen LogP contribution in [-0.4, -0.2) is 24.8 Å². The van der Waals surface area contributed by atoms with Gasteiger partial charge in [-0.05, 0) is 48.0 Å². The maximum Gasteiger partial charge on any atom is 0.339 e. The third-order valence-electron chi connectivity index (χ3n) is 4.28. The van der Waals surface area contributed by atoms with Crippen LogP contribution in [0.5, 0.6) is 11.5 Å². The SMILES string of the molecule is C[C@H](OC(=O)c1ccc2c(c1)OCO2)C(=O)Nc1ccc2ccccc2c1. The van der Waals surface area contributed by atoms with Crippen LogP contribution >= 0.6 is 0 Å². The van der Waals surface area contributed by atoms with Crippen molar-refractivity contribution in [3.8, 4) is 11.5 Å². The Labute approximate surface area is 155 Å². The Morgan fingerprint density at radius 3 is 2.59 bits per heavy atom. The van der Waals surface area contributed by atoms with Crippen molar-refractivity contribution in [3.05, 3.63) is 66.2 Å². The third-order valence-corrected chi connectivity index (χ3v) is 4.28. The van der Waals surface area contributed by atoms with Crippen molar-refractivity contribution in [2.45, 2.75) is 13.0 Å². The molecular formula is C21H17NO5. The van der Waals surface area contributed by atoms with Crippen molar-refractivity contribution in [1.82, 2.24) is 0 Å². The van der Waals surface area contributed by atoms with E-state index in [1.54, 1.807) is 18.2 Å². The summed E-state index contributed by atoms with van der Waals surface area (Å²) in [6.07, 6.45) is -0.950. The van der Waals surface area contributed by atoms with E-state index in [9.17, 15) is 9.59 Å². The molecule has 0 saturated carbocycles. The first kappa shape index (κ1) is 16.9. The summed E-state index contributed by atoms with van der Waals surface area (Å²) in [6, 6.07) is 18.2. The molecular weight excluding hydrogens is 346 g/mol. The van der Waals surface area contributed by atoms with E-state index in [-0.39, 0.29) is 6.79 Å². The summed E-state index contributed by atoms with van der Waals surface area (Å²) < 4.78 is 15.7. The van der Waals surface area contributed by atoms with Crippen LogP contribution in [0, 0.1) is 0 Å². The lowest BCUT2D eigenvalue weighted by atomic mass is 10.1. The highest BCUT2D eigenvalue weighted by atomic mass is 16.7. The Kier molecular flexibility index (Phi) is 4.38. The van der Waals surface area contributed by atoms with E-state index in [2.05, 4.69) is 5.32 Å². The summed E-state index contributed by atoms with van der Waals surface area (Å²) in [5, 5.41) is 4.87. The molecule has 27 heavy (non-hydrogen) atoms. The molecule has 1 aliphatic heterocycles. The molecule has 3 aromatic carbocycles. The number of ether oxygens (including phenoxy) is 3. The van der Waals surface area contributed by atoms with Crippen LogP contribution < -0.4 is 14.8 Å². The second-order valence-electron chi connectivity index (χ2n) is 6.17. The van der Waals surface area contributed by atoms with Crippen molar-refractivity contribution >= 4 is 28.3 Å². The minimum atomic E-state index is -0.950. The van der Waals surface area contributed by atoms with Gasteiger partial charge in [0, 0.05) is 5.69 Å². The summed E-state index contributed by atoms with van der Waals surface area (Å²) in [5.74, 6) is 0.0557. The number of anilines is 1. The highest BCUT2D eigenvalue weighted by molar-refractivity contribution is 5.99. The largest absolute Gasteiger partial charge is 0.454 e. The van der Waals surface area contributed by atoms with Gasteiger partial charge in [0.05, 0.1) is 5.56 Å². The molecule has 0 radical (unpaired) electrons. The quantitative estimate of drug-likeness (QED) is 0.715. The molecule has 1 heterocycles. The lowest BCUT2D eigenvalue weighted by Gasteiger charge is -2.14. The molecule has 4 rings (SSSR count). The highest BCUT2D eigenvalue weighted by Crippen LogP contribution is 2.32. The molecule has 0 saturated heterocycles. The number of amides is 1. The van der Waals surface area contributed by atoms with Gasteiger partial charge in [-0.25, -0.2) is 4.79 Å². The van der Waals surface area contributed by atoms with Gasteiger partial charge in [0.25, 0.3) is 5.91 Å². The van der Waals surface area contributed by atoms with Crippen molar-refractivity contribution in [2.75, 3.05) is 12.1 Å². The Bertz CT molecular complexity index is 1030. The summed E-state index contributed by atoms with van der Waals surface area (Å²) in [4.78, 5) is 24.7. The zero-order valence-corrected chi connectivity index (χ0v) is 14.6. The third kappa shape index (κ3) is 3.55. The molecule has 3 aromatic rings. The van der Waals surface area contributed by atoms with Gasteiger partial charge in [-0.2, -0.15) is 0 Å². The number of nitrogens with one attached hydrogen (secondary N) is 1. The second-order valence-corrected chi connectivity index (χ2v) is 6.17. The molecule has 0 spiro atoms. The molecule has 1 N–H and O–H groups in total. The van der Waals surface area contributed by atoms with Gasteiger partial charge < -0.3 is 19.5 Å². The van der Waals surface area contributed by atoms with Crippen LogP contribution in [0.4, 0.5) is 5.69 Å². The van der Waals surface area contributed by atoms with Crippen LogP contribution in [0.2, 0.25) is 0 Å². The standard InChI is InChI=1S/C21H17NO5/c1-13(27-21(24)16-7-9-18-19(11-16)26-12-25-18)20(23)22-17-8-6-14-4-2-3-5-15(14)10-17/h2-11,13H,12H2,1H3,(H,22,23)/t13-/m0/s1. The van der Waals surface area contributed by atoms with Crippen LogP contribution in [0.25, 0.3) is 10.8 Å². The maximum atomic E-state index is 12.4. The van der Waals surface area contributed by atoms with Crippen LogP contribution in [0.1, 0.15) is 17.3 Å². The van der Waals surface area contributed by atoms with Gasteiger partial charge in [0.15, 0.2) is 17.6 Å². The number of esters is 1. The number of carbonyl (C=O) groups is 2. The normalized spacial score (nSPS) is 13.2. The van der Waals surface area contributed by atoms with E-state index in [1.807, 2.05) is 42.5 Å². The molecule has 0 aromatic heterocycles. The zero-order chi connectivity index (χ0) is 18.8. The molecule has 1 aliphatic rings. The van der Waals surface area contributed by atoms with Crippen molar-refractivity contribution in [2.24, 2.45) is 0 Å². The van der Waals surface area contributed by atoms with Crippen LogP contribution in [0.3, 0.4) is 0 Å². The van der Waals surface area contributed by atoms with Crippen molar-refractivity contribution in [1.29, 1.82) is 0 Å². The number of fused-ring (bicyclic) bond motifs is 2. The van der Waals surface area contributed by atoms with Crippen LogP contribution in [0.15, 0.2) is 60.7 Å². The van der Waals surface area contributed by atoms with E-state index in [0.29, 0.717) is 22.7 Å². The average molecular weight is 363 g/mol. The van der Waals surface area contributed by atoms with E-state index in [4.69, 9.17) is 14.2 Å². The summed E-state index contributed by atoms with van der Waals surface area (Å²) in [6.45, 7) is 1.65.